The van der Waals surface area contributed by atoms with E-state index in [4.69, 9.17) is 0 Å². The van der Waals surface area contributed by atoms with E-state index in [-0.39, 0.29) is 11.8 Å². The van der Waals surface area contributed by atoms with Crippen molar-refractivity contribution in [2.45, 2.75) is 64.3 Å². The highest BCUT2D eigenvalue weighted by Crippen LogP contribution is 2.23. The number of hydrogen-bond acceptors (Lipinski definition) is 4. The van der Waals surface area contributed by atoms with Crippen LogP contribution in [0.25, 0.3) is 0 Å². The van der Waals surface area contributed by atoms with Gasteiger partial charge in [-0.15, -0.1) is 0 Å². The smallest absolute Gasteiger partial charge is 0.222 e. The molecule has 1 aromatic rings. The van der Waals surface area contributed by atoms with Crippen molar-refractivity contribution < 1.29 is 9.59 Å². The van der Waals surface area contributed by atoms with Crippen LogP contribution in [0.2, 0.25) is 0 Å². The van der Waals surface area contributed by atoms with Crippen LogP contribution in [0.3, 0.4) is 0 Å². The van der Waals surface area contributed by atoms with Gasteiger partial charge in [-0.25, -0.2) is 0 Å². The molecule has 0 spiro atoms. The Kier molecular flexibility index (Phi) is 8.09. The Morgan fingerprint density at radius 2 is 1.97 bits per heavy atom. The maximum Gasteiger partial charge on any atom is 0.222 e. The summed E-state index contributed by atoms with van der Waals surface area (Å²) in [4.78, 5) is 29.1. The maximum atomic E-state index is 12.4. The van der Waals surface area contributed by atoms with Crippen molar-refractivity contribution >= 4 is 11.8 Å². The van der Waals surface area contributed by atoms with Gasteiger partial charge in [0.2, 0.25) is 11.8 Å². The SMILES string of the molecule is CCN1CCCC1CNC(=O)CCC1CCN(C(=O)CCc2cnn(C)c2)CC1. The lowest BCUT2D eigenvalue weighted by Crippen LogP contribution is -2.40. The third kappa shape index (κ3) is 6.56. The molecule has 2 aliphatic rings. The van der Waals surface area contributed by atoms with E-state index in [1.165, 1.54) is 12.8 Å². The average Bonchev–Trinajstić information content (AvgIpc) is 3.37. The fourth-order valence-corrected chi connectivity index (χ4v) is 4.68. The summed E-state index contributed by atoms with van der Waals surface area (Å²) in [5, 5.41) is 7.29. The second-order valence-electron chi connectivity index (χ2n) is 8.61. The molecule has 0 aromatic carbocycles. The lowest BCUT2D eigenvalue weighted by molar-refractivity contribution is -0.132. The molecule has 2 saturated heterocycles. The number of hydrogen-bond donors (Lipinski definition) is 1. The zero-order valence-electron chi connectivity index (χ0n) is 18.1. The second-order valence-corrected chi connectivity index (χ2v) is 8.61. The molecule has 1 unspecified atom stereocenters. The molecular weight excluding hydrogens is 366 g/mol. The number of likely N-dealkylation sites (N-methyl/N-ethyl adjacent to an activating group) is 1. The summed E-state index contributed by atoms with van der Waals surface area (Å²) < 4.78 is 1.77. The van der Waals surface area contributed by atoms with Gasteiger partial charge in [-0.1, -0.05) is 6.92 Å². The van der Waals surface area contributed by atoms with E-state index in [1.54, 1.807) is 4.68 Å². The van der Waals surface area contributed by atoms with E-state index in [0.717, 1.165) is 64.0 Å². The lowest BCUT2D eigenvalue weighted by Gasteiger charge is -2.32. The molecule has 2 aliphatic heterocycles. The molecular formula is C22H37N5O2. The zero-order valence-corrected chi connectivity index (χ0v) is 18.1. The van der Waals surface area contributed by atoms with Gasteiger partial charge in [-0.3, -0.25) is 19.2 Å². The molecule has 2 amide bonds. The highest BCUT2D eigenvalue weighted by molar-refractivity contribution is 5.76. The van der Waals surface area contributed by atoms with Gasteiger partial charge in [-0.2, -0.15) is 5.10 Å². The first-order valence-corrected chi connectivity index (χ1v) is 11.3. The van der Waals surface area contributed by atoms with E-state index >= 15 is 0 Å². The topological polar surface area (TPSA) is 70.5 Å². The van der Waals surface area contributed by atoms with Crippen LogP contribution in [-0.4, -0.2) is 70.2 Å². The van der Waals surface area contributed by atoms with Gasteiger partial charge >= 0.3 is 0 Å². The zero-order chi connectivity index (χ0) is 20.6. The quantitative estimate of drug-likeness (QED) is 0.684. The van der Waals surface area contributed by atoms with E-state index < -0.39 is 0 Å². The summed E-state index contributed by atoms with van der Waals surface area (Å²) in [5.41, 5.74) is 1.11. The predicted molar refractivity (Wildman–Crippen MR) is 113 cm³/mol. The Labute approximate surface area is 174 Å². The van der Waals surface area contributed by atoms with Crippen molar-refractivity contribution in [1.82, 2.24) is 24.9 Å². The highest BCUT2D eigenvalue weighted by atomic mass is 16.2. The minimum Gasteiger partial charge on any atom is -0.355 e. The van der Waals surface area contributed by atoms with Gasteiger partial charge in [0.1, 0.15) is 0 Å². The Hall–Kier alpha value is -1.89. The maximum absolute atomic E-state index is 12.4. The average molecular weight is 404 g/mol. The molecule has 2 fully saturated rings. The number of aromatic nitrogens is 2. The molecule has 0 bridgehead atoms. The lowest BCUT2D eigenvalue weighted by atomic mass is 9.92. The van der Waals surface area contributed by atoms with Crippen molar-refractivity contribution in [2.24, 2.45) is 13.0 Å². The van der Waals surface area contributed by atoms with Crippen LogP contribution in [0, 0.1) is 5.92 Å². The monoisotopic (exact) mass is 403 g/mol. The largest absolute Gasteiger partial charge is 0.355 e. The van der Waals surface area contributed by atoms with Gasteiger partial charge in [0.15, 0.2) is 0 Å². The number of aryl methyl sites for hydroxylation is 2. The molecule has 29 heavy (non-hydrogen) atoms. The van der Waals surface area contributed by atoms with Crippen molar-refractivity contribution in [1.29, 1.82) is 0 Å². The first-order chi connectivity index (χ1) is 14.0. The standard InChI is InChI=1S/C22H37N5O2/c1-3-26-12-4-5-20(26)16-23-21(28)8-6-18-10-13-27(14-11-18)22(29)9-7-19-15-24-25(2)17-19/h15,17-18,20H,3-14,16H2,1-2H3,(H,23,28). The van der Waals surface area contributed by atoms with Crippen molar-refractivity contribution in [3.05, 3.63) is 18.0 Å². The minimum atomic E-state index is 0.183. The Balaban J connectivity index is 1.28. The second kappa shape index (κ2) is 10.8. The number of rotatable bonds is 9. The van der Waals surface area contributed by atoms with Crippen LogP contribution in [0.5, 0.6) is 0 Å². The fourth-order valence-electron chi connectivity index (χ4n) is 4.68. The van der Waals surface area contributed by atoms with Gasteiger partial charge in [0, 0.05) is 51.8 Å². The van der Waals surface area contributed by atoms with Crippen LogP contribution >= 0.6 is 0 Å². The molecule has 0 aliphatic carbocycles. The summed E-state index contributed by atoms with van der Waals surface area (Å²) in [6, 6.07) is 0.518. The molecule has 7 heteroatoms. The molecule has 1 N–H and O–H groups in total. The van der Waals surface area contributed by atoms with Crippen LogP contribution in [0.1, 0.15) is 57.4 Å². The van der Waals surface area contributed by atoms with Crippen molar-refractivity contribution in [2.75, 3.05) is 32.7 Å². The molecule has 0 saturated carbocycles. The van der Waals surface area contributed by atoms with Crippen LogP contribution in [-0.2, 0) is 23.1 Å². The minimum absolute atomic E-state index is 0.183. The normalized spacial score (nSPS) is 20.9. The van der Waals surface area contributed by atoms with Gasteiger partial charge < -0.3 is 10.2 Å². The summed E-state index contributed by atoms with van der Waals surface area (Å²) >= 11 is 0. The number of likely N-dealkylation sites (tertiary alicyclic amines) is 2. The predicted octanol–water partition coefficient (Wildman–Crippen LogP) is 1.97. The number of amides is 2. The molecule has 3 rings (SSSR count). The first kappa shape index (κ1) is 21.8. The van der Waals surface area contributed by atoms with Crippen molar-refractivity contribution in [3.63, 3.8) is 0 Å². The highest BCUT2D eigenvalue weighted by Gasteiger charge is 2.25. The molecule has 1 atom stereocenters. The van der Waals surface area contributed by atoms with Gasteiger partial charge in [0.25, 0.3) is 0 Å². The number of carbonyl (C=O) groups is 2. The van der Waals surface area contributed by atoms with Crippen molar-refractivity contribution in [3.8, 4) is 0 Å². The molecule has 7 nitrogen and oxygen atoms in total. The summed E-state index contributed by atoms with van der Waals surface area (Å²) in [5.74, 6) is 0.978. The third-order valence-electron chi connectivity index (χ3n) is 6.57. The van der Waals surface area contributed by atoms with E-state index in [9.17, 15) is 9.59 Å². The first-order valence-electron chi connectivity index (χ1n) is 11.3. The Bertz CT molecular complexity index is 666. The van der Waals surface area contributed by atoms with E-state index in [0.29, 0.717) is 24.8 Å². The van der Waals surface area contributed by atoms with E-state index in [1.807, 2.05) is 24.3 Å². The molecule has 162 valence electrons. The molecule has 1 aromatic heterocycles. The molecule has 3 heterocycles. The number of carbonyl (C=O) groups excluding carboxylic acids is 2. The van der Waals surface area contributed by atoms with Crippen LogP contribution in [0.15, 0.2) is 12.4 Å². The van der Waals surface area contributed by atoms with Crippen LogP contribution < -0.4 is 5.32 Å². The summed E-state index contributed by atoms with van der Waals surface area (Å²) in [6.07, 6.45) is 11.1. The summed E-state index contributed by atoms with van der Waals surface area (Å²) in [7, 11) is 1.89. The molecule has 0 radical (unpaired) electrons. The van der Waals surface area contributed by atoms with Gasteiger partial charge in [-0.05, 0) is 63.1 Å². The third-order valence-corrected chi connectivity index (χ3v) is 6.57. The number of nitrogens with zero attached hydrogens (tertiary/aromatic N) is 4. The number of piperidine rings is 1. The number of nitrogens with one attached hydrogen (secondary N) is 1. The van der Waals surface area contributed by atoms with Gasteiger partial charge in [0.05, 0.1) is 6.20 Å². The Morgan fingerprint density at radius 3 is 2.66 bits per heavy atom. The van der Waals surface area contributed by atoms with E-state index in [2.05, 4.69) is 22.2 Å². The Morgan fingerprint density at radius 1 is 1.17 bits per heavy atom. The van der Waals surface area contributed by atoms with Crippen LogP contribution in [0.4, 0.5) is 0 Å². The fraction of sp³-hybridized carbons (Fsp3) is 0.773. The summed E-state index contributed by atoms with van der Waals surface area (Å²) in [6.45, 7) is 6.86.